The number of nitrogens with zero attached hydrogens (tertiary/aromatic N) is 2. The number of hydrogen-bond acceptors (Lipinski definition) is 2. The number of aromatic carboxylic acids is 1. The highest BCUT2D eigenvalue weighted by molar-refractivity contribution is 6.30. The Bertz CT molecular complexity index is 573. The molecular formula is C12H11ClN2O2. The number of aryl methyl sites for hydroxylation is 1. The Hall–Kier alpha value is -1.81. The molecule has 1 aromatic carbocycles. The molecule has 0 atom stereocenters. The number of imidazole rings is 1. The summed E-state index contributed by atoms with van der Waals surface area (Å²) >= 11 is 5.80. The van der Waals surface area contributed by atoms with E-state index in [2.05, 4.69) is 4.98 Å². The number of carbonyl (C=O) groups is 1. The van der Waals surface area contributed by atoms with Crippen molar-refractivity contribution in [2.75, 3.05) is 0 Å². The molecule has 0 fully saturated rings. The quantitative estimate of drug-likeness (QED) is 0.892. The minimum absolute atomic E-state index is 0.185. The first-order valence-corrected chi connectivity index (χ1v) is 5.41. The summed E-state index contributed by atoms with van der Waals surface area (Å²) in [5.41, 5.74) is 1.40. The molecule has 4 nitrogen and oxygen atoms in total. The summed E-state index contributed by atoms with van der Waals surface area (Å²) in [4.78, 5) is 15.5. The fourth-order valence-corrected chi connectivity index (χ4v) is 1.79. The van der Waals surface area contributed by atoms with Crippen LogP contribution >= 0.6 is 11.6 Å². The maximum atomic E-state index is 11.2. The predicted molar refractivity (Wildman–Crippen MR) is 65.4 cm³/mol. The second kappa shape index (κ2) is 4.22. The van der Waals surface area contributed by atoms with Gasteiger partial charge in [-0.1, -0.05) is 23.7 Å². The van der Waals surface area contributed by atoms with Crippen LogP contribution < -0.4 is 0 Å². The first kappa shape index (κ1) is 11.7. The van der Waals surface area contributed by atoms with E-state index in [0.29, 0.717) is 16.5 Å². The van der Waals surface area contributed by atoms with Crippen molar-refractivity contribution >= 4 is 17.6 Å². The van der Waals surface area contributed by atoms with E-state index in [1.165, 1.54) is 0 Å². The van der Waals surface area contributed by atoms with Gasteiger partial charge >= 0.3 is 5.97 Å². The van der Waals surface area contributed by atoms with Crippen LogP contribution in [0.1, 0.15) is 16.3 Å². The zero-order valence-electron chi connectivity index (χ0n) is 9.44. The lowest BCUT2D eigenvalue weighted by atomic mass is 10.1. The van der Waals surface area contributed by atoms with Crippen molar-refractivity contribution in [3.05, 3.63) is 40.8 Å². The number of benzene rings is 1. The van der Waals surface area contributed by atoms with Crippen molar-refractivity contribution in [3.8, 4) is 11.3 Å². The Balaban J connectivity index is 2.63. The molecule has 5 heteroatoms. The summed E-state index contributed by atoms with van der Waals surface area (Å²) in [5, 5.41) is 9.80. The first-order chi connectivity index (χ1) is 8.00. The van der Waals surface area contributed by atoms with Gasteiger partial charge in [0.1, 0.15) is 11.5 Å². The lowest BCUT2D eigenvalue weighted by Gasteiger charge is -2.01. The van der Waals surface area contributed by atoms with Gasteiger partial charge < -0.3 is 9.67 Å². The minimum Gasteiger partial charge on any atom is -0.477 e. The molecule has 0 aliphatic heterocycles. The highest BCUT2D eigenvalue weighted by atomic mass is 35.5. The molecule has 0 saturated heterocycles. The Morgan fingerprint density at radius 2 is 1.94 bits per heavy atom. The number of rotatable bonds is 2. The number of hydrogen-bond donors (Lipinski definition) is 1. The third-order valence-corrected chi connectivity index (χ3v) is 2.89. The maximum Gasteiger partial charge on any atom is 0.354 e. The minimum atomic E-state index is -0.988. The van der Waals surface area contributed by atoms with E-state index in [0.717, 1.165) is 5.56 Å². The third-order valence-electron chi connectivity index (χ3n) is 2.64. The highest BCUT2D eigenvalue weighted by Crippen LogP contribution is 2.24. The fourth-order valence-electron chi connectivity index (χ4n) is 1.66. The van der Waals surface area contributed by atoms with Gasteiger partial charge in [-0.2, -0.15) is 0 Å². The topological polar surface area (TPSA) is 55.1 Å². The standard InChI is InChI=1S/C12H11ClN2O2/c1-7-14-10(11(12(16)17)15(7)2)8-3-5-9(13)6-4-8/h3-6H,1-2H3,(H,16,17). The third kappa shape index (κ3) is 2.03. The Labute approximate surface area is 103 Å². The van der Waals surface area contributed by atoms with Gasteiger partial charge in [-0.3, -0.25) is 0 Å². The van der Waals surface area contributed by atoms with Gasteiger partial charge in [-0.25, -0.2) is 9.78 Å². The van der Waals surface area contributed by atoms with Gasteiger partial charge in [0.15, 0.2) is 5.69 Å². The number of aromatic nitrogens is 2. The van der Waals surface area contributed by atoms with Crippen LogP contribution in [0.4, 0.5) is 0 Å². The van der Waals surface area contributed by atoms with Crippen molar-refractivity contribution in [1.29, 1.82) is 0 Å². The van der Waals surface area contributed by atoms with Crippen molar-refractivity contribution in [1.82, 2.24) is 9.55 Å². The molecule has 0 amide bonds. The summed E-state index contributed by atoms with van der Waals surface area (Å²) in [6, 6.07) is 6.95. The van der Waals surface area contributed by atoms with E-state index in [1.54, 1.807) is 42.8 Å². The molecule has 0 unspecified atom stereocenters. The number of carboxylic acid groups (broad SMARTS) is 1. The Morgan fingerprint density at radius 3 is 2.47 bits per heavy atom. The van der Waals surface area contributed by atoms with Crippen LogP contribution in [0, 0.1) is 6.92 Å². The van der Waals surface area contributed by atoms with Crippen molar-refractivity contribution in [2.45, 2.75) is 6.92 Å². The van der Waals surface area contributed by atoms with Gasteiger partial charge in [-0.15, -0.1) is 0 Å². The largest absolute Gasteiger partial charge is 0.477 e. The molecule has 0 bridgehead atoms. The van der Waals surface area contributed by atoms with Crippen LogP contribution in [0.3, 0.4) is 0 Å². The molecule has 17 heavy (non-hydrogen) atoms. The second-order valence-electron chi connectivity index (χ2n) is 3.73. The van der Waals surface area contributed by atoms with Gasteiger partial charge in [0.05, 0.1) is 0 Å². The zero-order valence-corrected chi connectivity index (χ0v) is 10.2. The van der Waals surface area contributed by atoms with Crippen LogP contribution in [0.15, 0.2) is 24.3 Å². The molecule has 0 radical (unpaired) electrons. The van der Waals surface area contributed by atoms with E-state index in [9.17, 15) is 9.90 Å². The van der Waals surface area contributed by atoms with Gasteiger partial charge in [0.25, 0.3) is 0 Å². The first-order valence-electron chi connectivity index (χ1n) is 5.03. The summed E-state index contributed by atoms with van der Waals surface area (Å²) in [6.45, 7) is 1.77. The normalized spacial score (nSPS) is 10.5. The molecule has 1 aromatic heterocycles. The molecule has 1 heterocycles. The molecule has 0 aliphatic rings. The van der Waals surface area contributed by atoms with E-state index < -0.39 is 5.97 Å². The van der Waals surface area contributed by atoms with E-state index in [1.807, 2.05) is 0 Å². The molecule has 1 N–H and O–H groups in total. The number of carboxylic acids is 1. The molecule has 2 aromatic rings. The summed E-state index contributed by atoms with van der Waals surface area (Å²) in [5.74, 6) is -0.328. The van der Waals surface area contributed by atoms with Gasteiger partial charge in [0, 0.05) is 17.6 Å². The second-order valence-corrected chi connectivity index (χ2v) is 4.16. The van der Waals surface area contributed by atoms with Crippen LogP contribution in [0.2, 0.25) is 5.02 Å². The summed E-state index contributed by atoms with van der Waals surface area (Å²) < 4.78 is 1.56. The van der Waals surface area contributed by atoms with Gasteiger partial charge in [-0.05, 0) is 19.1 Å². The molecular weight excluding hydrogens is 240 g/mol. The van der Waals surface area contributed by atoms with Crippen molar-refractivity contribution < 1.29 is 9.90 Å². The number of halogens is 1. The van der Waals surface area contributed by atoms with Crippen LogP contribution in [0.5, 0.6) is 0 Å². The van der Waals surface area contributed by atoms with Crippen molar-refractivity contribution in [3.63, 3.8) is 0 Å². The smallest absolute Gasteiger partial charge is 0.354 e. The van der Waals surface area contributed by atoms with E-state index >= 15 is 0 Å². The van der Waals surface area contributed by atoms with E-state index in [-0.39, 0.29) is 5.69 Å². The average Bonchev–Trinajstić information content (AvgIpc) is 2.56. The summed E-state index contributed by atoms with van der Waals surface area (Å²) in [7, 11) is 1.69. The zero-order chi connectivity index (χ0) is 12.6. The highest BCUT2D eigenvalue weighted by Gasteiger charge is 2.19. The SMILES string of the molecule is Cc1nc(-c2ccc(Cl)cc2)c(C(=O)O)n1C. The summed E-state index contributed by atoms with van der Waals surface area (Å²) in [6.07, 6.45) is 0. The lowest BCUT2D eigenvalue weighted by Crippen LogP contribution is -2.06. The molecule has 88 valence electrons. The van der Waals surface area contributed by atoms with E-state index in [4.69, 9.17) is 11.6 Å². The molecule has 0 saturated carbocycles. The Morgan fingerprint density at radius 1 is 1.35 bits per heavy atom. The molecule has 2 rings (SSSR count). The molecule has 0 aliphatic carbocycles. The fraction of sp³-hybridized carbons (Fsp3) is 0.167. The molecule has 0 spiro atoms. The predicted octanol–water partition coefficient (Wildman–Crippen LogP) is 2.75. The van der Waals surface area contributed by atoms with Crippen LogP contribution in [-0.4, -0.2) is 20.6 Å². The maximum absolute atomic E-state index is 11.2. The lowest BCUT2D eigenvalue weighted by molar-refractivity contribution is 0.0687. The van der Waals surface area contributed by atoms with Gasteiger partial charge in [0.2, 0.25) is 0 Å². The Kier molecular flexibility index (Phi) is 2.90. The van der Waals surface area contributed by atoms with Crippen molar-refractivity contribution in [2.24, 2.45) is 7.05 Å². The average molecular weight is 251 g/mol. The van der Waals surface area contributed by atoms with Crippen LogP contribution in [0.25, 0.3) is 11.3 Å². The monoisotopic (exact) mass is 250 g/mol. The van der Waals surface area contributed by atoms with Crippen LogP contribution in [-0.2, 0) is 7.05 Å².